The first-order valence-electron chi connectivity index (χ1n) is 9.72. The zero-order chi connectivity index (χ0) is 21.8. The third-order valence-corrected chi connectivity index (χ3v) is 4.90. The van der Waals surface area contributed by atoms with Gasteiger partial charge in [0.2, 0.25) is 11.8 Å². The topological polar surface area (TPSA) is 69.9 Å². The number of halogens is 3. The number of aromatic nitrogens is 1. The fourth-order valence-electron chi connectivity index (χ4n) is 3.38. The van der Waals surface area contributed by atoms with Crippen LogP contribution in [-0.4, -0.2) is 83.7 Å². The van der Waals surface area contributed by atoms with Crippen LogP contribution in [0.3, 0.4) is 0 Å². The molecule has 164 valence electrons. The van der Waals surface area contributed by atoms with Crippen LogP contribution in [-0.2, 0) is 16.0 Å². The van der Waals surface area contributed by atoms with Crippen molar-refractivity contribution in [2.24, 2.45) is 5.92 Å². The van der Waals surface area contributed by atoms with Crippen molar-refractivity contribution in [3.63, 3.8) is 0 Å². The van der Waals surface area contributed by atoms with Gasteiger partial charge < -0.3 is 14.3 Å². The van der Waals surface area contributed by atoms with Crippen molar-refractivity contribution in [2.75, 3.05) is 45.8 Å². The summed E-state index contributed by atoms with van der Waals surface area (Å²) < 4.78 is 43.4. The van der Waals surface area contributed by atoms with E-state index in [1.807, 2.05) is 0 Å². The minimum atomic E-state index is -4.42. The van der Waals surface area contributed by atoms with Gasteiger partial charge in [-0.25, -0.2) is 0 Å². The molecule has 2 rings (SSSR count). The molecule has 0 unspecified atom stereocenters. The molecule has 0 saturated carbocycles. The molecule has 0 radical (unpaired) electrons. The Labute approximate surface area is 168 Å². The highest BCUT2D eigenvalue weighted by Gasteiger charge is 2.34. The summed E-state index contributed by atoms with van der Waals surface area (Å²) in [6.45, 7) is 7.60. The van der Waals surface area contributed by atoms with E-state index < -0.39 is 18.6 Å². The molecule has 1 aromatic rings. The van der Waals surface area contributed by atoms with Crippen molar-refractivity contribution in [1.82, 2.24) is 19.9 Å². The molecular weight excluding hydrogens is 389 g/mol. The molecule has 0 aliphatic carbocycles. The van der Waals surface area contributed by atoms with Gasteiger partial charge >= 0.3 is 6.18 Å². The highest BCUT2D eigenvalue weighted by molar-refractivity contribution is 5.80. The molecule has 1 fully saturated rings. The van der Waals surface area contributed by atoms with Gasteiger partial charge in [0, 0.05) is 38.3 Å². The highest BCUT2D eigenvalue weighted by Crippen LogP contribution is 2.18. The lowest BCUT2D eigenvalue weighted by molar-refractivity contribution is -0.163. The Morgan fingerprint density at radius 3 is 2.28 bits per heavy atom. The monoisotopic (exact) mass is 418 g/mol. The van der Waals surface area contributed by atoms with Crippen molar-refractivity contribution in [3.05, 3.63) is 17.0 Å². The number of hydrogen-bond acceptors (Lipinski definition) is 5. The molecule has 2 amide bonds. The minimum Gasteiger partial charge on any atom is -0.361 e. The number of carbonyl (C=O) groups is 2. The van der Waals surface area contributed by atoms with Gasteiger partial charge in [0.05, 0.1) is 18.7 Å². The highest BCUT2D eigenvalue weighted by atomic mass is 19.4. The molecule has 1 aliphatic heterocycles. The van der Waals surface area contributed by atoms with Gasteiger partial charge in [0.25, 0.3) is 0 Å². The summed E-state index contributed by atoms with van der Waals surface area (Å²) in [5.74, 6) is -0.0227. The zero-order valence-corrected chi connectivity index (χ0v) is 17.4. The summed E-state index contributed by atoms with van der Waals surface area (Å²) in [5.41, 5.74) is 1.47. The largest absolute Gasteiger partial charge is 0.406 e. The molecule has 0 aromatic carbocycles. The van der Waals surface area contributed by atoms with Gasteiger partial charge in [-0.05, 0) is 19.8 Å². The van der Waals surface area contributed by atoms with E-state index in [1.54, 1.807) is 37.5 Å². The standard InChI is InChI=1S/C19H29F3N4O3/c1-13(2)10-26(12-19(20,21)22)18(28)11-24-5-7-25(8-6-24)17(27)9-16-14(3)23-29-15(16)4/h13H,5-12H2,1-4H3. The first-order chi connectivity index (χ1) is 13.5. The van der Waals surface area contributed by atoms with E-state index in [0.717, 1.165) is 10.5 Å². The number of hydrogen-bond donors (Lipinski definition) is 0. The molecule has 7 nitrogen and oxygen atoms in total. The Morgan fingerprint density at radius 1 is 1.17 bits per heavy atom. The summed E-state index contributed by atoms with van der Waals surface area (Å²) in [7, 11) is 0. The number of amides is 2. The smallest absolute Gasteiger partial charge is 0.361 e. The lowest BCUT2D eigenvalue weighted by atomic mass is 10.1. The second-order valence-electron chi connectivity index (χ2n) is 7.92. The zero-order valence-electron chi connectivity index (χ0n) is 17.4. The van der Waals surface area contributed by atoms with Gasteiger partial charge in [0.1, 0.15) is 12.3 Å². The van der Waals surface area contributed by atoms with Crippen LogP contribution in [0.1, 0.15) is 30.9 Å². The van der Waals surface area contributed by atoms with Crippen LogP contribution in [0.25, 0.3) is 0 Å². The van der Waals surface area contributed by atoms with E-state index in [1.165, 1.54) is 0 Å². The third-order valence-electron chi connectivity index (χ3n) is 4.90. The fraction of sp³-hybridized carbons (Fsp3) is 0.737. The predicted molar refractivity (Wildman–Crippen MR) is 100 cm³/mol. The Bertz CT molecular complexity index is 691. The molecule has 0 N–H and O–H groups in total. The molecule has 2 heterocycles. The van der Waals surface area contributed by atoms with Gasteiger partial charge in [0.15, 0.2) is 0 Å². The third kappa shape index (κ3) is 7.02. The van der Waals surface area contributed by atoms with Gasteiger partial charge in [-0.3, -0.25) is 14.5 Å². The molecule has 10 heteroatoms. The normalized spacial score (nSPS) is 15.8. The van der Waals surface area contributed by atoms with Crippen molar-refractivity contribution < 1.29 is 27.3 Å². The first-order valence-corrected chi connectivity index (χ1v) is 9.72. The predicted octanol–water partition coefficient (Wildman–Crippen LogP) is 2.03. The molecule has 1 aliphatic rings. The van der Waals surface area contributed by atoms with E-state index in [4.69, 9.17) is 4.52 Å². The Balaban J connectivity index is 1.86. The number of carbonyl (C=O) groups excluding carboxylic acids is 2. The molecule has 0 bridgehead atoms. The Morgan fingerprint density at radius 2 is 1.79 bits per heavy atom. The van der Waals surface area contributed by atoms with Gasteiger partial charge in [-0.15, -0.1) is 0 Å². The van der Waals surface area contributed by atoms with Crippen LogP contribution in [0.4, 0.5) is 13.2 Å². The Hall–Kier alpha value is -2.10. The quantitative estimate of drug-likeness (QED) is 0.678. The number of piperazine rings is 1. The number of rotatable bonds is 7. The van der Waals surface area contributed by atoms with E-state index >= 15 is 0 Å². The minimum absolute atomic E-state index is 0.0520. The lowest BCUT2D eigenvalue weighted by Crippen LogP contribution is -2.53. The van der Waals surface area contributed by atoms with Gasteiger partial charge in [-0.1, -0.05) is 19.0 Å². The summed E-state index contributed by atoms with van der Waals surface area (Å²) in [6.07, 6.45) is -4.22. The van der Waals surface area contributed by atoms with Crippen LogP contribution in [0.15, 0.2) is 4.52 Å². The molecule has 0 atom stereocenters. The average Bonchev–Trinajstić information content (AvgIpc) is 2.92. The number of alkyl halides is 3. The SMILES string of the molecule is Cc1noc(C)c1CC(=O)N1CCN(CC(=O)N(CC(C)C)CC(F)(F)F)CC1. The van der Waals surface area contributed by atoms with Crippen LogP contribution in [0.2, 0.25) is 0 Å². The summed E-state index contributed by atoms with van der Waals surface area (Å²) in [6, 6.07) is 0. The summed E-state index contributed by atoms with van der Waals surface area (Å²) >= 11 is 0. The second-order valence-corrected chi connectivity index (χ2v) is 7.92. The summed E-state index contributed by atoms with van der Waals surface area (Å²) in [5, 5.41) is 3.85. The van der Waals surface area contributed by atoms with Crippen molar-refractivity contribution >= 4 is 11.8 Å². The van der Waals surface area contributed by atoms with Crippen molar-refractivity contribution in [2.45, 2.75) is 40.3 Å². The maximum absolute atomic E-state index is 12.8. The van der Waals surface area contributed by atoms with E-state index in [-0.39, 0.29) is 31.3 Å². The van der Waals surface area contributed by atoms with E-state index in [0.29, 0.717) is 37.6 Å². The van der Waals surface area contributed by atoms with E-state index in [9.17, 15) is 22.8 Å². The van der Waals surface area contributed by atoms with Crippen LogP contribution >= 0.6 is 0 Å². The number of aryl methyl sites for hydroxylation is 2. The average molecular weight is 418 g/mol. The maximum atomic E-state index is 12.8. The molecule has 1 aromatic heterocycles. The van der Waals surface area contributed by atoms with E-state index in [2.05, 4.69) is 5.16 Å². The second kappa shape index (κ2) is 9.60. The van der Waals surface area contributed by atoms with Gasteiger partial charge in [-0.2, -0.15) is 13.2 Å². The van der Waals surface area contributed by atoms with Crippen LogP contribution < -0.4 is 0 Å². The Kier molecular flexibility index (Phi) is 7.67. The fourth-order valence-corrected chi connectivity index (χ4v) is 3.38. The molecule has 0 spiro atoms. The van der Waals surface area contributed by atoms with Crippen molar-refractivity contribution in [1.29, 1.82) is 0 Å². The first kappa shape index (κ1) is 23.2. The maximum Gasteiger partial charge on any atom is 0.406 e. The lowest BCUT2D eigenvalue weighted by Gasteiger charge is -2.35. The van der Waals surface area contributed by atoms with Crippen molar-refractivity contribution in [3.8, 4) is 0 Å². The summed E-state index contributed by atoms with van der Waals surface area (Å²) in [4.78, 5) is 29.3. The van der Waals surface area contributed by atoms with Crippen LogP contribution in [0, 0.1) is 19.8 Å². The molecule has 1 saturated heterocycles. The number of nitrogens with zero attached hydrogens (tertiary/aromatic N) is 4. The molecule has 29 heavy (non-hydrogen) atoms. The molecular formula is C19H29F3N4O3. The van der Waals surface area contributed by atoms with Crippen LogP contribution in [0.5, 0.6) is 0 Å².